The molecule has 0 bridgehead atoms. The second-order valence-corrected chi connectivity index (χ2v) is 18.9. The van der Waals surface area contributed by atoms with Crippen LogP contribution in [-0.2, 0) is 54.3 Å². The second-order valence-electron chi connectivity index (χ2n) is 14.7. The maximum absolute atomic E-state index is 14.0. The molecule has 4 rings (SSSR count). The van der Waals surface area contributed by atoms with Gasteiger partial charge < -0.3 is 43.6 Å². The molecule has 4 N–H and O–H groups in total. The molecule has 2 aliphatic rings. The van der Waals surface area contributed by atoms with Gasteiger partial charge in [-0.3, -0.25) is 14.2 Å². The van der Waals surface area contributed by atoms with Crippen LogP contribution >= 0.6 is 7.44 Å². The first-order valence-electron chi connectivity index (χ1n) is 19.7. The van der Waals surface area contributed by atoms with E-state index in [9.17, 15) is 32.5 Å². The third-order valence-electron chi connectivity index (χ3n) is 9.54. The minimum atomic E-state index is -4.09. The van der Waals surface area contributed by atoms with Gasteiger partial charge in [0.05, 0.1) is 56.5 Å². The first-order chi connectivity index (χ1) is 28.0. The van der Waals surface area contributed by atoms with Crippen LogP contribution in [0.2, 0.25) is 0 Å². The number of aliphatic hydroxyl groups is 1. The minimum Gasteiger partial charge on any atom is -0.497 e. The molecule has 2 fully saturated rings. The number of methoxy groups -OCH3 is 1. The Morgan fingerprint density at radius 2 is 1.49 bits per heavy atom. The number of amides is 1. The molecule has 0 aliphatic carbocycles. The fourth-order valence-corrected chi connectivity index (χ4v) is 10.2. The first kappa shape index (κ1) is 47.9. The van der Waals surface area contributed by atoms with Gasteiger partial charge in [0.2, 0.25) is 17.5 Å². The largest absolute Gasteiger partial charge is 0.497 e. The Labute approximate surface area is 346 Å². The number of ether oxygens (including phenoxy) is 7. The summed E-state index contributed by atoms with van der Waals surface area (Å²) in [7, 11) is -6.41. The molecule has 59 heavy (non-hydrogen) atoms. The Kier molecular flexibility index (Phi) is 18.0. The Bertz CT molecular complexity index is 1810. The molecule has 2 heterocycles. The highest BCUT2D eigenvalue weighted by atomic mass is 32.2. The summed E-state index contributed by atoms with van der Waals surface area (Å²) in [6.07, 6.45) is -3.00. The van der Waals surface area contributed by atoms with Gasteiger partial charge in [0.15, 0.2) is 12.6 Å². The van der Waals surface area contributed by atoms with Crippen molar-refractivity contribution in [1.82, 2.24) is 19.8 Å². The van der Waals surface area contributed by atoms with Gasteiger partial charge in [0, 0.05) is 13.1 Å². The van der Waals surface area contributed by atoms with E-state index in [2.05, 4.69) is 15.5 Å². The zero-order valence-electron chi connectivity index (χ0n) is 34.7. The van der Waals surface area contributed by atoms with Crippen molar-refractivity contribution in [3.05, 3.63) is 54.1 Å². The van der Waals surface area contributed by atoms with Gasteiger partial charge >= 0.3 is 18.0 Å². The van der Waals surface area contributed by atoms with Gasteiger partial charge in [-0.15, -0.1) is 0 Å². The van der Waals surface area contributed by atoms with E-state index in [-0.39, 0.29) is 61.8 Å². The monoisotopic (exact) mass is 870 g/mol. The van der Waals surface area contributed by atoms with E-state index in [1.165, 1.54) is 49.5 Å². The number of alkyl carbamates (subject to hydrolysis) is 1. The third-order valence-corrected chi connectivity index (χ3v) is 13.5. The Balaban J connectivity index is 1.53. The standard InChI is InChI=1S/C39H59N4O14PS/c1-8-52-36(45)26(5)41-58(48,42-27(6)37(46)53-9-2)24-56-30-12-10-28(11-13-30)20-33(40-39(47)57-35-23-55-38-32(35)18-19-54-38)34(44)22-43(21-25(3)4)59(49,50)31-16-14-29(51-7)15-17-31/h10-17,25-27,32-35,38,44H,8-9,18-24H2,1-7H3,(H,40,47)(H2,41,42,48)/t26-,27-,32-,33-,34+,35-,38+/m0/s1. The number of esters is 2. The molecule has 7 atom stereocenters. The van der Waals surface area contributed by atoms with Gasteiger partial charge in [0.1, 0.15) is 29.7 Å². The van der Waals surface area contributed by atoms with Crippen LogP contribution in [0.4, 0.5) is 4.79 Å². The average Bonchev–Trinajstić information content (AvgIpc) is 3.82. The molecule has 0 radical (unpaired) electrons. The maximum atomic E-state index is 14.0. The number of sulfonamides is 1. The van der Waals surface area contributed by atoms with E-state index in [1.54, 1.807) is 38.1 Å². The van der Waals surface area contributed by atoms with E-state index in [1.807, 2.05) is 13.8 Å². The number of benzene rings is 2. The summed E-state index contributed by atoms with van der Waals surface area (Å²) < 4.78 is 81.1. The molecule has 0 spiro atoms. The predicted octanol–water partition coefficient (Wildman–Crippen LogP) is 3.41. The van der Waals surface area contributed by atoms with Crippen molar-refractivity contribution in [1.29, 1.82) is 0 Å². The highest BCUT2D eigenvalue weighted by Gasteiger charge is 2.44. The number of aliphatic hydroxyl groups excluding tert-OH is 1. The molecule has 2 aromatic carbocycles. The summed E-state index contributed by atoms with van der Waals surface area (Å²) in [5.41, 5.74) is 0.620. The lowest BCUT2D eigenvalue weighted by molar-refractivity contribution is -0.145. The first-order valence-corrected chi connectivity index (χ1v) is 23.0. The molecule has 2 aliphatic heterocycles. The van der Waals surface area contributed by atoms with Crippen LogP contribution in [0.1, 0.15) is 53.5 Å². The normalized spacial score (nSPS) is 20.0. The van der Waals surface area contributed by atoms with Crippen molar-refractivity contribution in [2.75, 3.05) is 53.0 Å². The second kappa shape index (κ2) is 22.2. The summed E-state index contributed by atoms with van der Waals surface area (Å²) in [4.78, 5) is 38.1. The predicted molar refractivity (Wildman–Crippen MR) is 215 cm³/mol. The van der Waals surface area contributed by atoms with Gasteiger partial charge in [-0.05, 0) is 88.4 Å². The van der Waals surface area contributed by atoms with E-state index in [0.29, 0.717) is 24.3 Å². The molecule has 0 aromatic heterocycles. The average molecular weight is 871 g/mol. The summed E-state index contributed by atoms with van der Waals surface area (Å²) in [5, 5.41) is 20.0. The number of rotatable bonds is 23. The van der Waals surface area contributed by atoms with E-state index >= 15 is 0 Å². The molecule has 2 aromatic rings. The molecule has 0 saturated carbocycles. The van der Waals surface area contributed by atoms with Gasteiger partial charge in [-0.1, -0.05) is 26.0 Å². The van der Waals surface area contributed by atoms with Crippen LogP contribution < -0.4 is 25.0 Å². The molecule has 18 nitrogen and oxygen atoms in total. The lowest BCUT2D eigenvalue weighted by Gasteiger charge is -2.31. The van der Waals surface area contributed by atoms with Crippen molar-refractivity contribution >= 4 is 35.5 Å². The van der Waals surface area contributed by atoms with E-state index < -0.39 is 78.5 Å². The highest BCUT2D eigenvalue weighted by molar-refractivity contribution is 7.89. The fourth-order valence-electron chi connectivity index (χ4n) is 6.58. The number of carbonyl (C=O) groups excluding carboxylic acids is 3. The quantitative estimate of drug-likeness (QED) is 0.0713. The molecular weight excluding hydrogens is 811 g/mol. The molecule has 0 unspecified atom stereocenters. The van der Waals surface area contributed by atoms with Crippen LogP contribution in [-0.4, -0.2) is 125 Å². The van der Waals surface area contributed by atoms with Crippen LogP contribution in [0.25, 0.3) is 0 Å². The zero-order chi connectivity index (χ0) is 43.3. The lowest BCUT2D eigenvalue weighted by Crippen LogP contribution is -2.51. The highest BCUT2D eigenvalue weighted by Crippen LogP contribution is 2.38. The maximum Gasteiger partial charge on any atom is 0.407 e. The minimum absolute atomic E-state index is 0.0147. The molecule has 2 saturated heterocycles. The SMILES string of the molecule is CCOC(=O)[C@H](C)NP(=O)(COc1ccc(C[C@H](NC(=O)O[C@H]2CO[C@H]3OCC[C@H]32)[C@H](O)CN(CC(C)C)S(=O)(=O)c2ccc(OC)cc2)cc1)N[C@@H](C)C(=O)OCC. The lowest BCUT2D eigenvalue weighted by atomic mass is 10.0. The molecular formula is C39H59N4O14PS. The Morgan fingerprint density at radius 1 is 0.898 bits per heavy atom. The number of nitrogens with one attached hydrogen (secondary N) is 3. The van der Waals surface area contributed by atoms with Crippen LogP contribution in [0.3, 0.4) is 0 Å². The number of fused-ring (bicyclic) bond motifs is 1. The molecule has 330 valence electrons. The molecule has 1 amide bonds. The van der Waals surface area contributed by atoms with E-state index in [4.69, 9.17) is 33.2 Å². The fraction of sp³-hybridized carbons (Fsp3) is 0.615. The van der Waals surface area contributed by atoms with Crippen LogP contribution in [0.5, 0.6) is 11.5 Å². The van der Waals surface area contributed by atoms with Gasteiger partial charge in [0.25, 0.3) is 0 Å². The summed E-state index contributed by atoms with van der Waals surface area (Å²) in [6, 6.07) is 9.40. The molecule has 20 heteroatoms. The van der Waals surface area contributed by atoms with Crippen LogP contribution in [0.15, 0.2) is 53.4 Å². The number of carbonyl (C=O) groups is 3. The van der Waals surface area contributed by atoms with Crippen LogP contribution in [0, 0.1) is 11.8 Å². The zero-order valence-corrected chi connectivity index (χ0v) is 36.4. The van der Waals surface area contributed by atoms with Crippen molar-refractivity contribution in [3.63, 3.8) is 0 Å². The number of nitrogens with zero attached hydrogens (tertiary/aromatic N) is 1. The van der Waals surface area contributed by atoms with E-state index in [0.717, 1.165) is 0 Å². The van der Waals surface area contributed by atoms with Crippen molar-refractivity contribution in [2.45, 2.75) is 95.9 Å². The smallest absolute Gasteiger partial charge is 0.407 e. The number of hydrogen-bond donors (Lipinski definition) is 4. The third kappa shape index (κ3) is 13.9. The summed E-state index contributed by atoms with van der Waals surface area (Å²) in [5.74, 6) is -0.762. The van der Waals surface area contributed by atoms with Crippen molar-refractivity contribution < 1.29 is 65.6 Å². The summed E-state index contributed by atoms with van der Waals surface area (Å²) in [6.45, 7) is 10.5. The topological polar surface area (TPSA) is 227 Å². The Hall–Kier alpha value is -3.81. The Morgan fingerprint density at radius 3 is 2.05 bits per heavy atom. The van der Waals surface area contributed by atoms with Crippen molar-refractivity contribution in [2.24, 2.45) is 11.8 Å². The number of hydrogen-bond acceptors (Lipinski definition) is 14. The summed E-state index contributed by atoms with van der Waals surface area (Å²) >= 11 is 0. The van der Waals surface area contributed by atoms with Gasteiger partial charge in [-0.2, -0.15) is 4.31 Å². The van der Waals surface area contributed by atoms with Crippen molar-refractivity contribution in [3.8, 4) is 11.5 Å². The van der Waals surface area contributed by atoms with Gasteiger partial charge in [-0.25, -0.2) is 23.4 Å².